The van der Waals surface area contributed by atoms with Crippen molar-refractivity contribution in [2.45, 2.75) is 58.7 Å². The van der Waals surface area contributed by atoms with E-state index in [1.54, 1.807) is 11.2 Å². The molecule has 0 atom stereocenters. The number of nitrogens with zero attached hydrogens (tertiary/aromatic N) is 2. The van der Waals surface area contributed by atoms with Crippen LogP contribution in [0.25, 0.3) is 0 Å². The maximum absolute atomic E-state index is 13.1. The summed E-state index contributed by atoms with van der Waals surface area (Å²) in [6.45, 7) is 7.88. The molecule has 2 amide bonds. The number of likely N-dealkylation sites (tertiary alicyclic amines) is 1. The van der Waals surface area contributed by atoms with Crippen molar-refractivity contribution in [3.8, 4) is 0 Å². The Bertz CT molecular complexity index is 803. The Morgan fingerprint density at radius 1 is 1.07 bits per heavy atom. The molecule has 0 spiro atoms. The highest BCUT2D eigenvalue weighted by molar-refractivity contribution is 5.76. The van der Waals surface area contributed by atoms with Gasteiger partial charge in [0.2, 0.25) is 5.91 Å². The molecule has 0 N–H and O–H groups in total. The van der Waals surface area contributed by atoms with Crippen molar-refractivity contribution < 1.29 is 18.7 Å². The molecule has 0 bridgehead atoms. The summed E-state index contributed by atoms with van der Waals surface area (Å²) in [6, 6.07) is 13.7. The average Bonchev–Trinajstić information content (AvgIpc) is 3.20. The number of amides is 2. The lowest BCUT2D eigenvalue weighted by Gasteiger charge is -2.34. The molecule has 162 valence electrons. The first kappa shape index (κ1) is 21.9. The second-order valence-corrected chi connectivity index (χ2v) is 8.93. The van der Waals surface area contributed by atoms with E-state index in [9.17, 15) is 9.59 Å². The summed E-state index contributed by atoms with van der Waals surface area (Å²) in [5.41, 5.74) is 0.602. The molecular formula is C24H32N2O4. The van der Waals surface area contributed by atoms with Gasteiger partial charge in [-0.2, -0.15) is 0 Å². The lowest BCUT2D eigenvalue weighted by molar-refractivity contribution is -0.134. The molecule has 1 aliphatic rings. The number of rotatable bonds is 6. The standard InChI is InChI=1S/C24H32N2O4/c1-24(2,3)30-23(28)25-13-11-19(12-14-25)16-22(27)26(18-21-10-7-15-29-21)17-20-8-5-4-6-9-20/h4-10,15,19H,11-14,16-18H2,1-3H3. The molecule has 3 rings (SSSR count). The van der Waals surface area contributed by atoms with E-state index >= 15 is 0 Å². The third-order valence-electron chi connectivity index (χ3n) is 5.23. The van der Waals surface area contributed by atoms with Crippen LogP contribution in [0, 0.1) is 5.92 Å². The summed E-state index contributed by atoms with van der Waals surface area (Å²) in [4.78, 5) is 29.0. The largest absolute Gasteiger partial charge is 0.467 e. The van der Waals surface area contributed by atoms with Crippen LogP contribution in [0.4, 0.5) is 4.79 Å². The van der Waals surface area contributed by atoms with Crippen LogP contribution in [-0.4, -0.2) is 40.5 Å². The molecule has 6 heteroatoms. The number of ether oxygens (including phenoxy) is 1. The van der Waals surface area contributed by atoms with Gasteiger partial charge in [-0.15, -0.1) is 0 Å². The first-order valence-electron chi connectivity index (χ1n) is 10.6. The van der Waals surface area contributed by atoms with Crippen molar-refractivity contribution in [3.05, 3.63) is 60.1 Å². The maximum Gasteiger partial charge on any atom is 0.410 e. The predicted octanol–water partition coefficient (Wildman–Crippen LogP) is 4.85. The smallest absolute Gasteiger partial charge is 0.410 e. The molecule has 2 aromatic rings. The molecule has 6 nitrogen and oxygen atoms in total. The van der Waals surface area contributed by atoms with Crippen molar-refractivity contribution in [1.82, 2.24) is 9.80 Å². The van der Waals surface area contributed by atoms with Crippen molar-refractivity contribution >= 4 is 12.0 Å². The van der Waals surface area contributed by atoms with E-state index in [0.717, 1.165) is 24.2 Å². The number of benzene rings is 1. The third kappa shape index (κ3) is 6.65. The van der Waals surface area contributed by atoms with E-state index in [4.69, 9.17) is 9.15 Å². The van der Waals surface area contributed by atoms with E-state index in [2.05, 4.69) is 0 Å². The van der Waals surface area contributed by atoms with Crippen LogP contribution in [-0.2, 0) is 22.6 Å². The van der Waals surface area contributed by atoms with Crippen LogP contribution in [0.2, 0.25) is 0 Å². The van der Waals surface area contributed by atoms with Gasteiger partial charge in [-0.05, 0) is 57.2 Å². The zero-order valence-corrected chi connectivity index (χ0v) is 18.2. The fraction of sp³-hybridized carbons (Fsp3) is 0.500. The molecule has 30 heavy (non-hydrogen) atoms. The fourth-order valence-corrected chi connectivity index (χ4v) is 3.65. The fourth-order valence-electron chi connectivity index (χ4n) is 3.65. The summed E-state index contributed by atoms with van der Waals surface area (Å²) in [7, 11) is 0. The second kappa shape index (κ2) is 9.83. The molecule has 0 saturated carbocycles. The van der Waals surface area contributed by atoms with E-state index in [1.165, 1.54) is 0 Å². The minimum Gasteiger partial charge on any atom is -0.467 e. The lowest BCUT2D eigenvalue weighted by atomic mass is 9.93. The second-order valence-electron chi connectivity index (χ2n) is 8.93. The van der Waals surface area contributed by atoms with Crippen LogP contribution in [0.15, 0.2) is 53.1 Å². The molecule has 2 heterocycles. The molecule has 0 unspecified atom stereocenters. The van der Waals surface area contributed by atoms with Gasteiger partial charge in [-0.1, -0.05) is 30.3 Å². The first-order chi connectivity index (χ1) is 14.3. The van der Waals surface area contributed by atoms with Gasteiger partial charge in [-0.25, -0.2) is 4.79 Å². The van der Waals surface area contributed by atoms with E-state index in [1.807, 2.05) is 68.1 Å². The van der Waals surface area contributed by atoms with Gasteiger partial charge in [0, 0.05) is 26.1 Å². The summed E-state index contributed by atoms with van der Waals surface area (Å²) >= 11 is 0. The predicted molar refractivity (Wildman–Crippen MR) is 115 cm³/mol. The van der Waals surface area contributed by atoms with Crippen LogP contribution in [0.5, 0.6) is 0 Å². The van der Waals surface area contributed by atoms with Gasteiger partial charge < -0.3 is 19.0 Å². The summed E-state index contributed by atoms with van der Waals surface area (Å²) in [5.74, 6) is 1.16. The van der Waals surface area contributed by atoms with Crippen molar-refractivity contribution in [2.75, 3.05) is 13.1 Å². The Morgan fingerprint density at radius 2 is 1.77 bits per heavy atom. The van der Waals surface area contributed by atoms with Crippen molar-refractivity contribution in [1.29, 1.82) is 0 Å². The highest BCUT2D eigenvalue weighted by Crippen LogP contribution is 2.24. The van der Waals surface area contributed by atoms with Gasteiger partial charge in [-0.3, -0.25) is 4.79 Å². The van der Waals surface area contributed by atoms with Crippen molar-refractivity contribution in [2.24, 2.45) is 5.92 Å². The minimum absolute atomic E-state index is 0.117. The molecule has 1 fully saturated rings. The Hall–Kier alpha value is -2.76. The molecule has 0 aliphatic carbocycles. The number of carbonyl (C=O) groups excluding carboxylic acids is 2. The van der Waals surface area contributed by atoms with E-state index in [0.29, 0.717) is 32.6 Å². The van der Waals surface area contributed by atoms with Gasteiger partial charge in [0.1, 0.15) is 11.4 Å². The average molecular weight is 413 g/mol. The van der Waals surface area contributed by atoms with Crippen molar-refractivity contribution in [3.63, 3.8) is 0 Å². The van der Waals surface area contributed by atoms with Gasteiger partial charge in [0.25, 0.3) is 0 Å². The lowest BCUT2D eigenvalue weighted by Crippen LogP contribution is -2.42. The highest BCUT2D eigenvalue weighted by atomic mass is 16.6. The molecule has 1 aromatic heterocycles. The number of carbonyl (C=O) groups is 2. The first-order valence-corrected chi connectivity index (χ1v) is 10.6. The number of piperidine rings is 1. The SMILES string of the molecule is CC(C)(C)OC(=O)N1CCC(CC(=O)N(Cc2ccccc2)Cc2ccco2)CC1. The molecule has 1 aromatic carbocycles. The third-order valence-corrected chi connectivity index (χ3v) is 5.23. The highest BCUT2D eigenvalue weighted by Gasteiger charge is 2.29. The van der Waals surface area contributed by atoms with Gasteiger partial charge in [0.05, 0.1) is 12.8 Å². The molecule has 1 saturated heterocycles. The van der Waals surface area contributed by atoms with E-state index in [-0.39, 0.29) is 17.9 Å². The summed E-state index contributed by atoms with van der Waals surface area (Å²) < 4.78 is 10.9. The number of furan rings is 1. The molecule has 0 radical (unpaired) electrons. The Morgan fingerprint density at radius 3 is 2.37 bits per heavy atom. The quantitative estimate of drug-likeness (QED) is 0.681. The maximum atomic E-state index is 13.1. The van der Waals surface area contributed by atoms with Crippen LogP contribution < -0.4 is 0 Å². The minimum atomic E-state index is -0.492. The number of hydrogen-bond donors (Lipinski definition) is 0. The Kier molecular flexibility index (Phi) is 7.19. The molecular weight excluding hydrogens is 380 g/mol. The Labute approximate surface area is 178 Å². The van der Waals surface area contributed by atoms with Gasteiger partial charge in [0.15, 0.2) is 0 Å². The Balaban J connectivity index is 1.56. The zero-order chi connectivity index (χ0) is 21.6. The summed E-state index contributed by atoms with van der Waals surface area (Å²) in [5, 5.41) is 0. The molecule has 1 aliphatic heterocycles. The topological polar surface area (TPSA) is 63.0 Å². The monoisotopic (exact) mass is 412 g/mol. The van der Waals surface area contributed by atoms with Crippen LogP contribution in [0.1, 0.15) is 51.4 Å². The normalized spacial score (nSPS) is 15.1. The zero-order valence-electron chi connectivity index (χ0n) is 18.2. The van der Waals surface area contributed by atoms with Crippen LogP contribution >= 0.6 is 0 Å². The van der Waals surface area contributed by atoms with E-state index < -0.39 is 5.60 Å². The van der Waals surface area contributed by atoms with Gasteiger partial charge >= 0.3 is 6.09 Å². The summed E-state index contributed by atoms with van der Waals surface area (Å²) in [6.07, 6.45) is 3.47. The number of hydrogen-bond acceptors (Lipinski definition) is 4. The van der Waals surface area contributed by atoms with Crippen LogP contribution in [0.3, 0.4) is 0 Å².